The molecule has 1 N–H and O–H groups in total. The molecule has 3 nitrogen and oxygen atoms in total. The van der Waals surface area contributed by atoms with Crippen LogP contribution in [0.3, 0.4) is 0 Å². The van der Waals surface area contributed by atoms with Crippen molar-refractivity contribution in [1.29, 1.82) is 0 Å². The first-order valence-corrected chi connectivity index (χ1v) is 5.38. The number of aliphatic hydroxyl groups excluding tert-OH is 1. The van der Waals surface area contributed by atoms with Crippen LogP contribution in [0.2, 0.25) is 0 Å². The number of hydrogen-bond donors (Lipinski definition) is 1. The van der Waals surface area contributed by atoms with Gasteiger partial charge in [-0.3, -0.25) is 0 Å². The van der Waals surface area contributed by atoms with Crippen molar-refractivity contribution in [3.63, 3.8) is 0 Å². The van der Waals surface area contributed by atoms with E-state index in [0.29, 0.717) is 18.8 Å². The van der Waals surface area contributed by atoms with Crippen LogP contribution in [0, 0.1) is 6.92 Å². The van der Waals surface area contributed by atoms with E-state index in [1.165, 1.54) is 5.56 Å². The highest BCUT2D eigenvalue weighted by atomic mass is 16.5. The Balaban J connectivity index is 2.25. The standard InChI is InChI=1S/C13H16O3/c1-9-3-4-12-10(7-9)8-13(16-12)11(14)5-6-15-2/h3-4,7-8,11,14H,5-6H2,1-2H3. The molecule has 1 unspecified atom stereocenters. The van der Waals surface area contributed by atoms with Gasteiger partial charge in [0.15, 0.2) is 0 Å². The SMILES string of the molecule is COCCC(O)c1cc2cc(C)ccc2o1. The smallest absolute Gasteiger partial charge is 0.134 e. The first kappa shape index (κ1) is 11.2. The van der Waals surface area contributed by atoms with E-state index in [-0.39, 0.29) is 0 Å². The van der Waals surface area contributed by atoms with Gasteiger partial charge in [0.1, 0.15) is 17.4 Å². The molecule has 0 amide bonds. The van der Waals surface area contributed by atoms with Crippen molar-refractivity contribution in [2.24, 2.45) is 0 Å². The predicted molar refractivity (Wildman–Crippen MR) is 62.4 cm³/mol. The summed E-state index contributed by atoms with van der Waals surface area (Å²) in [6.45, 7) is 2.56. The molecule has 0 aliphatic rings. The number of hydrogen-bond acceptors (Lipinski definition) is 3. The zero-order valence-corrected chi connectivity index (χ0v) is 9.56. The Morgan fingerprint density at radius 1 is 1.38 bits per heavy atom. The Morgan fingerprint density at radius 3 is 2.94 bits per heavy atom. The van der Waals surface area contributed by atoms with Gasteiger partial charge in [-0.2, -0.15) is 0 Å². The van der Waals surface area contributed by atoms with Crippen molar-refractivity contribution in [3.05, 3.63) is 35.6 Å². The molecule has 0 aliphatic heterocycles. The molecule has 1 aromatic heterocycles. The molecular formula is C13H16O3. The monoisotopic (exact) mass is 220 g/mol. The average Bonchev–Trinajstić information content (AvgIpc) is 2.68. The van der Waals surface area contributed by atoms with Crippen molar-refractivity contribution in [1.82, 2.24) is 0 Å². The number of aliphatic hydroxyl groups is 1. The summed E-state index contributed by atoms with van der Waals surface area (Å²) in [6.07, 6.45) is -0.0392. The summed E-state index contributed by atoms with van der Waals surface area (Å²) >= 11 is 0. The molecule has 0 bridgehead atoms. The summed E-state index contributed by atoms with van der Waals surface area (Å²) in [7, 11) is 1.62. The number of methoxy groups -OCH3 is 1. The molecule has 0 fully saturated rings. The van der Waals surface area contributed by atoms with Gasteiger partial charge in [0.2, 0.25) is 0 Å². The van der Waals surface area contributed by atoms with E-state index in [4.69, 9.17) is 9.15 Å². The van der Waals surface area contributed by atoms with Crippen LogP contribution in [0.15, 0.2) is 28.7 Å². The normalized spacial score (nSPS) is 13.2. The quantitative estimate of drug-likeness (QED) is 0.861. The summed E-state index contributed by atoms with van der Waals surface area (Å²) < 4.78 is 10.5. The lowest BCUT2D eigenvalue weighted by atomic mass is 10.1. The fourth-order valence-corrected chi connectivity index (χ4v) is 1.72. The van der Waals surface area contributed by atoms with Crippen LogP contribution < -0.4 is 0 Å². The summed E-state index contributed by atoms with van der Waals surface area (Å²) in [5, 5.41) is 10.9. The zero-order valence-electron chi connectivity index (χ0n) is 9.56. The minimum atomic E-state index is -0.590. The Morgan fingerprint density at radius 2 is 2.19 bits per heavy atom. The van der Waals surface area contributed by atoms with Crippen LogP contribution in [-0.2, 0) is 4.74 Å². The molecule has 1 heterocycles. The molecule has 1 aromatic carbocycles. The third-order valence-electron chi connectivity index (χ3n) is 2.61. The topological polar surface area (TPSA) is 42.6 Å². The van der Waals surface area contributed by atoms with Crippen molar-refractivity contribution >= 4 is 11.0 Å². The Kier molecular flexibility index (Phi) is 3.27. The van der Waals surface area contributed by atoms with E-state index in [1.807, 2.05) is 31.2 Å². The second kappa shape index (κ2) is 4.68. The van der Waals surface area contributed by atoms with Gasteiger partial charge in [0, 0.05) is 25.5 Å². The first-order chi connectivity index (χ1) is 7.70. The van der Waals surface area contributed by atoms with Gasteiger partial charge in [-0.25, -0.2) is 0 Å². The lowest BCUT2D eigenvalue weighted by Gasteiger charge is -2.05. The van der Waals surface area contributed by atoms with E-state index in [0.717, 1.165) is 11.0 Å². The second-order valence-corrected chi connectivity index (χ2v) is 3.99. The molecule has 0 saturated carbocycles. The molecule has 1 atom stereocenters. The third-order valence-corrected chi connectivity index (χ3v) is 2.61. The summed E-state index contributed by atoms with van der Waals surface area (Å²) in [6, 6.07) is 7.86. The highest BCUT2D eigenvalue weighted by Gasteiger charge is 2.12. The Hall–Kier alpha value is -1.32. The van der Waals surface area contributed by atoms with Crippen molar-refractivity contribution in [2.45, 2.75) is 19.4 Å². The van der Waals surface area contributed by atoms with Gasteiger partial charge in [-0.1, -0.05) is 11.6 Å². The molecule has 0 radical (unpaired) electrons. The maximum absolute atomic E-state index is 9.85. The maximum atomic E-state index is 9.85. The first-order valence-electron chi connectivity index (χ1n) is 5.38. The van der Waals surface area contributed by atoms with Crippen molar-refractivity contribution < 1.29 is 14.3 Å². The van der Waals surface area contributed by atoms with Crippen LogP contribution in [-0.4, -0.2) is 18.8 Å². The number of benzene rings is 1. The Labute approximate surface area is 94.6 Å². The maximum Gasteiger partial charge on any atom is 0.134 e. The van der Waals surface area contributed by atoms with Crippen molar-refractivity contribution in [2.75, 3.05) is 13.7 Å². The fraction of sp³-hybridized carbons (Fsp3) is 0.385. The fourth-order valence-electron chi connectivity index (χ4n) is 1.72. The zero-order chi connectivity index (χ0) is 11.5. The number of rotatable bonds is 4. The van der Waals surface area contributed by atoms with Crippen LogP contribution in [0.25, 0.3) is 11.0 Å². The van der Waals surface area contributed by atoms with Gasteiger partial charge in [-0.05, 0) is 25.1 Å². The molecule has 0 saturated heterocycles. The van der Waals surface area contributed by atoms with Crippen LogP contribution in [0.1, 0.15) is 23.8 Å². The molecule has 2 aromatic rings. The molecule has 0 aliphatic carbocycles. The lowest BCUT2D eigenvalue weighted by molar-refractivity contribution is 0.0960. The van der Waals surface area contributed by atoms with Gasteiger partial charge < -0.3 is 14.3 Å². The minimum Gasteiger partial charge on any atom is -0.458 e. The molecule has 2 rings (SSSR count). The van der Waals surface area contributed by atoms with E-state index in [1.54, 1.807) is 7.11 Å². The number of ether oxygens (including phenoxy) is 1. The number of fused-ring (bicyclic) bond motifs is 1. The predicted octanol–water partition coefficient (Wildman–Crippen LogP) is 2.81. The van der Waals surface area contributed by atoms with Crippen LogP contribution in [0.4, 0.5) is 0 Å². The van der Waals surface area contributed by atoms with E-state index >= 15 is 0 Å². The highest BCUT2D eigenvalue weighted by Crippen LogP contribution is 2.26. The largest absolute Gasteiger partial charge is 0.458 e. The summed E-state index contributed by atoms with van der Waals surface area (Å²) in [5.74, 6) is 0.609. The molecule has 86 valence electrons. The summed E-state index contributed by atoms with van der Waals surface area (Å²) in [4.78, 5) is 0. The molecular weight excluding hydrogens is 204 g/mol. The van der Waals surface area contributed by atoms with Gasteiger partial charge >= 0.3 is 0 Å². The van der Waals surface area contributed by atoms with Crippen molar-refractivity contribution in [3.8, 4) is 0 Å². The molecule has 3 heteroatoms. The third kappa shape index (κ3) is 2.26. The van der Waals surface area contributed by atoms with Gasteiger partial charge in [0.05, 0.1) is 0 Å². The lowest BCUT2D eigenvalue weighted by Crippen LogP contribution is -2.00. The minimum absolute atomic E-state index is 0.525. The second-order valence-electron chi connectivity index (χ2n) is 3.99. The molecule has 0 spiro atoms. The van der Waals surface area contributed by atoms with E-state index in [2.05, 4.69) is 0 Å². The van der Waals surface area contributed by atoms with Crippen LogP contribution >= 0.6 is 0 Å². The van der Waals surface area contributed by atoms with E-state index in [9.17, 15) is 5.11 Å². The van der Waals surface area contributed by atoms with E-state index < -0.39 is 6.10 Å². The van der Waals surface area contributed by atoms with Crippen LogP contribution in [0.5, 0.6) is 0 Å². The number of furan rings is 1. The van der Waals surface area contributed by atoms with Gasteiger partial charge in [0.25, 0.3) is 0 Å². The highest BCUT2D eigenvalue weighted by molar-refractivity contribution is 5.78. The molecule has 16 heavy (non-hydrogen) atoms. The van der Waals surface area contributed by atoms with Gasteiger partial charge in [-0.15, -0.1) is 0 Å². The summed E-state index contributed by atoms with van der Waals surface area (Å²) in [5.41, 5.74) is 2.00. The number of aryl methyl sites for hydroxylation is 1. The average molecular weight is 220 g/mol. The Bertz CT molecular complexity index is 473.